The first-order valence-electron chi connectivity index (χ1n) is 9.80. The number of nitrogens with one attached hydrogen (secondary N) is 2. The SMILES string of the molecule is COC(=O)[C@@H](NC(=O)N1CCc2[nH]cnc2[C@@H]1c1cc(OC)ccc1OC)C(C)C. The molecule has 0 unspecified atom stereocenters. The fourth-order valence-electron chi connectivity index (χ4n) is 3.70. The number of carbonyl (C=O) groups is 2. The van der Waals surface area contributed by atoms with Gasteiger partial charge in [-0.3, -0.25) is 0 Å². The van der Waals surface area contributed by atoms with E-state index in [1.54, 1.807) is 37.6 Å². The van der Waals surface area contributed by atoms with E-state index in [1.807, 2.05) is 19.9 Å². The minimum atomic E-state index is -0.754. The molecule has 9 heteroatoms. The molecule has 0 aliphatic carbocycles. The van der Waals surface area contributed by atoms with E-state index in [2.05, 4.69) is 15.3 Å². The fraction of sp³-hybridized carbons (Fsp3) is 0.476. The summed E-state index contributed by atoms with van der Waals surface area (Å²) in [4.78, 5) is 34.8. The summed E-state index contributed by atoms with van der Waals surface area (Å²) in [5.74, 6) is 0.648. The Labute approximate surface area is 175 Å². The lowest BCUT2D eigenvalue weighted by atomic mass is 9.94. The number of carbonyl (C=O) groups excluding carboxylic acids is 2. The number of esters is 1. The van der Waals surface area contributed by atoms with Gasteiger partial charge >= 0.3 is 12.0 Å². The molecule has 162 valence electrons. The van der Waals surface area contributed by atoms with Gasteiger partial charge in [-0.15, -0.1) is 0 Å². The average molecular weight is 416 g/mol. The number of urea groups is 1. The summed E-state index contributed by atoms with van der Waals surface area (Å²) in [6.07, 6.45) is 2.24. The molecule has 1 aliphatic heterocycles. The molecule has 2 N–H and O–H groups in total. The van der Waals surface area contributed by atoms with Crippen molar-refractivity contribution < 1.29 is 23.8 Å². The van der Waals surface area contributed by atoms with E-state index >= 15 is 0 Å². The van der Waals surface area contributed by atoms with E-state index in [1.165, 1.54) is 7.11 Å². The number of rotatable bonds is 6. The maximum absolute atomic E-state index is 13.3. The monoisotopic (exact) mass is 416 g/mol. The average Bonchev–Trinajstić information content (AvgIpc) is 3.24. The number of imidazole rings is 1. The number of hydrogen-bond acceptors (Lipinski definition) is 6. The summed E-state index contributed by atoms with van der Waals surface area (Å²) in [7, 11) is 4.47. The summed E-state index contributed by atoms with van der Waals surface area (Å²) in [6.45, 7) is 4.15. The molecule has 9 nitrogen and oxygen atoms in total. The molecule has 2 atom stereocenters. The molecule has 2 heterocycles. The van der Waals surface area contributed by atoms with Gasteiger partial charge in [-0.05, 0) is 24.1 Å². The van der Waals surface area contributed by atoms with E-state index in [4.69, 9.17) is 14.2 Å². The predicted molar refractivity (Wildman–Crippen MR) is 110 cm³/mol. The molecular weight excluding hydrogens is 388 g/mol. The maximum Gasteiger partial charge on any atom is 0.328 e. The van der Waals surface area contributed by atoms with Crippen LogP contribution in [-0.4, -0.2) is 60.8 Å². The topological polar surface area (TPSA) is 106 Å². The van der Waals surface area contributed by atoms with Gasteiger partial charge in [0.25, 0.3) is 0 Å². The van der Waals surface area contributed by atoms with Gasteiger partial charge in [0.15, 0.2) is 0 Å². The van der Waals surface area contributed by atoms with Crippen molar-refractivity contribution >= 4 is 12.0 Å². The van der Waals surface area contributed by atoms with Gasteiger partial charge in [0, 0.05) is 24.2 Å². The molecule has 0 spiro atoms. The number of aromatic nitrogens is 2. The van der Waals surface area contributed by atoms with E-state index < -0.39 is 18.1 Å². The Morgan fingerprint density at radius 2 is 2.00 bits per heavy atom. The first-order valence-corrected chi connectivity index (χ1v) is 9.80. The van der Waals surface area contributed by atoms with Gasteiger partial charge in [0.1, 0.15) is 23.6 Å². The quantitative estimate of drug-likeness (QED) is 0.700. The zero-order chi connectivity index (χ0) is 21.8. The van der Waals surface area contributed by atoms with Crippen molar-refractivity contribution in [3.8, 4) is 11.5 Å². The van der Waals surface area contributed by atoms with Crippen LogP contribution in [0.2, 0.25) is 0 Å². The molecule has 30 heavy (non-hydrogen) atoms. The van der Waals surface area contributed by atoms with Crippen LogP contribution in [0, 0.1) is 5.92 Å². The third-order valence-electron chi connectivity index (χ3n) is 5.32. The molecule has 0 bridgehead atoms. The third kappa shape index (κ3) is 4.05. The molecule has 0 saturated carbocycles. The Balaban J connectivity index is 2.02. The van der Waals surface area contributed by atoms with Crippen LogP contribution in [0.15, 0.2) is 24.5 Å². The second-order valence-corrected chi connectivity index (χ2v) is 7.41. The molecule has 0 radical (unpaired) electrons. The highest BCUT2D eigenvalue weighted by Gasteiger charge is 2.38. The number of ether oxygens (including phenoxy) is 3. The molecule has 3 rings (SSSR count). The number of hydrogen-bond donors (Lipinski definition) is 2. The second-order valence-electron chi connectivity index (χ2n) is 7.41. The first-order chi connectivity index (χ1) is 14.4. The molecule has 1 aromatic carbocycles. The molecular formula is C21H28N4O5. The van der Waals surface area contributed by atoms with Gasteiger partial charge in [0.05, 0.1) is 33.4 Å². The number of nitrogens with zero attached hydrogens (tertiary/aromatic N) is 2. The van der Waals surface area contributed by atoms with E-state index in [0.717, 1.165) is 17.0 Å². The van der Waals surface area contributed by atoms with Gasteiger partial charge in [-0.2, -0.15) is 0 Å². The Bertz CT molecular complexity index is 911. The molecule has 0 fully saturated rings. The number of amides is 2. The van der Waals surface area contributed by atoms with Gasteiger partial charge < -0.3 is 29.4 Å². The highest BCUT2D eigenvalue weighted by Crippen LogP contribution is 2.39. The lowest BCUT2D eigenvalue weighted by molar-refractivity contribution is -0.144. The highest BCUT2D eigenvalue weighted by atomic mass is 16.5. The summed E-state index contributed by atoms with van der Waals surface area (Å²) < 4.78 is 15.8. The Hall–Kier alpha value is -3.23. The third-order valence-corrected chi connectivity index (χ3v) is 5.32. The van der Waals surface area contributed by atoms with E-state index in [9.17, 15) is 9.59 Å². The van der Waals surface area contributed by atoms with Crippen molar-refractivity contribution in [3.63, 3.8) is 0 Å². The number of benzene rings is 1. The summed E-state index contributed by atoms with van der Waals surface area (Å²) in [5, 5.41) is 2.83. The molecule has 1 aliphatic rings. The number of methoxy groups -OCH3 is 3. The minimum Gasteiger partial charge on any atom is -0.497 e. The van der Waals surface area contributed by atoms with Crippen LogP contribution in [0.25, 0.3) is 0 Å². The Morgan fingerprint density at radius 1 is 1.23 bits per heavy atom. The molecule has 1 aromatic heterocycles. The predicted octanol–water partition coefficient (Wildman–Crippen LogP) is 2.28. The molecule has 2 aromatic rings. The number of H-pyrrole nitrogens is 1. The summed E-state index contributed by atoms with van der Waals surface area (Å²) in [6, 6.07) is 3.81. The minimum absolute atomic E-state index is 0.128. The molecule has 0 saturated heterocycles. The first kappa shape index (κ1) is 21.5. The van der Waals surface area contributed by atoms with E-state index in [0.29, 0.717) is 24.5 Å². The summed E-state index contributed by atoms with van der Waals surface area (Å²) >= 11 is 0. The van der Waals surface area contributed by atoms with Gasteiger partial charge in [-0.25, -0.2) is 14.6 Å². The van der Waals surface area contributed by atoms with Gasteiger partial charge in [-0.1, -0.05) is 13.8 Å². The Morgan fingerprint density at radius 3 is 2.63 bits per heavy atom. The van der Waals surface area contributed by atoms with Crippen LogP contribution < -0.4 is 14.8 Å². The van der Waals surface area contributed by atoms with E-state index in [-0.39, 0.29) is 11.9 Å². The second kappa shape index (κ2) is 9.06. The van der Waals surface area contributed by atoms with Crippen molar-refractivity contribution in [2.75, 3.05) is 27.9 Å². The standard InChI is InChI=1S/C21H28N4O5/c1-12(2)17(20(26)30-5)24-21(27)25-9-8-15-18(23-11-22-15)19(25)14-10-13(28-3)6-7-16(14)29-4/h6-7,10-12,17,19H,8-9H2,1-5H3,(H,22,23)(H,24,27)/t17-,19-/m0/s1. The summed E-state index contributed by atoms with van der Waals surface area (Å²) in [5.41, 5.74) is 2.45. The van der Waals surface area contributed by atoms with Crippen molar-refractivity contribution in [2.45, 2.75) is 32.4 Å². The zero-order valence-electron chi connectivity index (χ0n) is 17.9. The van der Waals surface area contributed by atoms with Crippen LogP contribution in [0.4, 0.5) is 4.79 Å². The van der Waals surface area contributed by atoms with Crippen LogP contribution in [-0.2, 0) is 16.0 Å². The normalized spacial score (nSPS) is 16.6. The van der Waals surface area contributed by atoms with Crippen LogP contribution >= 0.6 is 0 Å². The molecule has 2 amide bonds. The van der Waals surface area contributed by atoms with Crippen molar-refractivity contribution in [3.05, 3.63) is 41.5 Å². The van der Waals surface area contributed by atoms with Crippen molar-refractivity contribution in [1.29, 1.82) is 0 Å². The van der Waals surface area contributed by atoms with Crippen molar-refractivity contribution in [2.24, 2.45) is 5.92 Å². The highest BCUT2D eigenvalue weighted by molar-refractivity contribution is 5.84. The smallest absolute Gasteiger partial charge is 0.328 e. The maximum atomic E-state index is 13.3. The largest absolute Gasteiger partial charge is 0.497 e. The number of fused-ring (bicyclic) bond motifs is 1. The Kier molecular flexibility index (Phi) is 6.49. The fourth-order valence-corrected chi connectivity index (χ4v) is 3.70. The van der Waals surface area contributed by atoms with Gasteiger partial charge in [0.2, 0.25) is 0 Å². The van der Waals surface area contributed by atoms with Crippen LogP contribution in [0.3, 0.4) is 0 Å². The zero-order valence-corrected chi connectivity index (χ0v) is 17.9. The lowest BCUT2D eigenvalue weighted by Crippen LogP contribution is -2.53. The van der Waals surface area contributed by atoms with Crippen LogP contribution in [0.5, 0.6) is 11.5 Å². The number of aromatic amines is 1. The lowest BCUT2D eigenvalue weighted by Gasteiger charge is -2.37. The van der Waals surface area contributed by atoms with Crippen LogP contribution in [0.1, 0.15) is 36.8 Å². The van der Waals surface area contributed by atoms with Crippen molar-refractivity contribution in [1.82, 2.24) is 20.2 Å².